The zero-order valence-corrected chi connectivity index (χ0v) is 15.8. The number of nitrogens with zero attached hydrogens (tertiary/aromatic N) is 1. The third-order valence-corrected chi connectivity index (χ3v) is 6.08. The number of thiophene rings is 1. The number of carbonyl (C=O) groups is 2. The Kier molecular flexibility index (Phi) is 6.47. The Balaban J connectivity index is 0.000000226. The van der Waals surface area contributed by atoms with E-state index in [0.717, 1.165) is 11.8 Å². The minimum atomic E-state index is -1.26. The van der Waals surface area contributed by atoms with E-state index in [1.807, 2.05) is 11.3 Å². The number of benzene rings is 1. The van der Waals surface area contributed by atoms with Crippen molar-refractivity contribution in [3.8, 4) is 0 Å². The molecule has 1 aromatic heterocycles. The average molecular weight is 388 g/mol. The lowest BCUT2D eigenvalue weighted by Gasteiger charge is -2.20. The Labute approximate surface area is 162 Å². The molecular weight excluding hydrogens is 364 g/mol. The summed E-state index contributed by atoms with van der Waals surface area (Å²) in [5.41, 5.74) is 1.47. The monoisotopic (exact) mass is 388 g/mol. The Morgan fingerprint density at radius 2 is 1.67 bits per heavy atom. The average Bonchev–Trinajstić information content (AvgIpc) is 3.22. The van der Waals surface area contributed by atoms with Crippen LogP contribution in [0.3, 0.4) is 0 Å². The van der Waals surface area contributed by atoms with Crippen LogP contribution in [0.5, 0.6) is 0 Å². The van der Waals surface area contributed by atoms with Crippen molar-refractivity contribution >= 4 is 39.0 Å². The Morgan fingerprint density at radius 3 is 2.26 bits per heavy atom. The van der Waals surface area contributed by atoms with Gasteiger partial charge in [-0.25, -0.2) is 9.59 Å². The third-order valence-electron chi connectivity index (χ3n) is 5.13. The van der Waals surface area contributed by atoms with Crippen LogP contribution in [-0.2, 0) is 9.59 Å². The fraction of sp³-hybridized carbons (Fsp3) is 0.400. The largest absolute Gasteiger partial charge is 0.478 e. The molecule has 2 fully saturated rings. The first kappa shape index (κ1) is 19.4. The molecule has 0 spiro atoms. The first-order valence-electron chi connectivity index (χ1n) is 9.10. The number of aliphatic carboxylic acids is 2. The van der Waals surface area contributed by atoms with Gasteiger partial charge in [0.1, 0.15) is 0 Å². The van der Waals surface area contributed by atoms with Gasteiger partial charge in [0, 0.05) is 25.2 Å². The second-order valence-corrected chi connectivity index (χ2v) is 7.79. The summed E-state index contributed by atoms with van der Waals surface area (Å²) >= 11 is 1.88. The second kappa shape index (κ2) is 9.01. The van der Waals surface area contributed by atoms with Crippen molar-refractivity contribution in [2.75, 3.05) is 31.1 Å². The topological polar surface area (TPSA) is 89.9 Å². The van der Waals surface area contributed by atoms with E-state index in [4.69, 9.17) is 10.2 Å². The zero-order valence-electron chi connectivity index (χ0n) is 15.0. The SMILES string of the molecule is O=C(O)/C=C\C(=O)O.c1cc(N2CC3CCNCCC3C2)c2sccc2c1. The molecule has 0 radical (unpaired) electrons. The first-order valence-corrected chi connectivity index (χ1v) is 9.98. The zero-order chi connectivity index (χ0) is 19.2. The van der Waals surface area contributed by atoms with Crippen LogP contribution in [0, 0.1) is 11.8 Å². The van der Waals surface area contributed by atoms with Gasteiger partial charge in [-0.3, -0.25) is 0 Å². The molecule has 27 heavy (non-hydrogen) atoms. The van der Waals surface area contributed by atoms with E-state index in [0.29, 0.717) is 12.2 Å². The van der Waals surface area contributed by atoms with E-state index < -0.39 is 11.9 Å². The van der Waals surface area contributed by atoms with Crippen molar-refractivity contribution < 1.29 is 19.8 Å². The van der Waals surface area contributed by atoms with Crippen LogP contribution in [0.4, 0.5) is 5.69 Å². The molecule has 2 aliphatic rings. The summed E-state index contributed by atoms with van der Waals surface area (Å²) in [5, 5.41) is 22.8. The van der Waals surface area contributed by atoms with Crippen molar-refractivity contribution in [3.63, 3.8) is 0 Å². The standard InChI is InChI=1S/C16H20N2S.C4H4O4/c1-2-12-6-9-19-16(12)15(3-1)18-10-13-4-7-17-8-5-14(13)11-18;5-3(6)1-2-4(7)8/h1-3,6,9,13-14,17H,4-5,7-8,10-11H2;1-2H,(H,5,6)(H,7,8)/b;2-1-. The van der Waals surface area contributed by atoms with Crippen LogP contribution in [0.25, 0.3) is 10.1 Å². The normalized spacial score (nSPS) is 22.1. The maximum Gasteiger partial charge on any atom is 0.328 e. The molecule has 4 rings (SSSR count). The van der Waals surface area contributed by atoms with Crippen molar-refractivity contribution in [1.29, 1.82) is 0 Å². The van der Waals surface area contributed by atoms with Crippen LogP contribution < -0.4 is 10.2 Å². The van der Waals surface area contributed by atoms with E-state index in [1.165, 1.54) is 54.8 Å². The fourth-order valence-electron chi connectivity index (χ4n) is 3.86. The number of nitrogens with one attached hydrogen (secondary N) is 1. The molecule has 2 aromatic rings. The number of carboxylic acids is 2. The number of hydrogen-bond acceptors (Lipinski definition) is 5. The molecule has 0 aliphatic carbocycles. The molecule has 6 nitrogen and oxygen atoms in total. The van der Waals surface area contributed by atoms with Gasteiger partial charge in [0.25, 0.3) is 0 Å². The maximum atomic E-state index is 9.55. The van der Waals surface area contributed by atoms with E-state index in [-0.39, 0.29) is 0 Å². The summed E-state index contributed by atoms with van der Waals surface area (Å²) in [4.78, 5) is 21.7. The Bertz CT molecular complexity index is 802. The second-order valence-electron chi connectivity index (χ2n) is 6.88. The minimum absolute atomic E-state index is 0.558. The van der Waals surface area contributed by atoms with Crippen LogP contribution >= 0.6 is 11.3 Å². The van der Waals surface area contributed by atoms with Crippen molar-refractivity contribution in [3.05, 3.63) is 41.8 Å². The number of carboxylic acid groups (broad SMARTS) is 2. The summed E-state index contributed by atoms with van der Waals surface area (Å²) in [7, 11) is 0. The lowest BCUT2D eigenvalue weighted by Crippen LogP contribution is -2.22. The number of hydrogen-bond donors (Lipinski definition) is 3. The number of fused-ring (bicyclic) bond motifs is 2. The number of rotatable bonds is 3. The van der Waals surface area contributed by atoms with E-state index in [2.05, 4.69) is 39.9 Å². The molecule has 0 amide bonds. The molecule has 144 valence electrons. The smallest absolute Gasteiger partial charge is 0.328 e. The highest BCUT2D eigenvalue weighted by molar-refractivity contribution is 7.17. The van der Waals surface area contributed by atoms with Gasteiger partial charge in [-0.15, -0.1) is 11.3 Å². The highest BCUT2D eigenvalue weighted by atomic mass is 32.1. The first-order chi connectivity index (χ1) is 13.0. The van der Waals surface area contributed by atoms with Gasteiger partial charge in [-0.05, 0) is 60.7 Å². The molecule has 2 unspecified atom stereocenters. The molecule has 0 saturated carbocycles. The predicted octanol–water partition coefficient (Wildman–Crippen LogP) is 3.05. The fourth-order valence-corrected chi connectivity index (χ4v) is 4.80. The van der Waals surface area contributed by atoms with Gasteiger partial charge in [-0.1, -0.05) is 12.1 Å². The maximum absolute atomic E-state index is 9.55. The molecule has 7 heteroatoms. The molecule has 2 aliphatic heterocycles. The third kappa shape index (κ3) is 5.08. The minimum Gasteiger partial charge on any atom is -0.478 e. The van der Waals surface area contributed by atoms with Gasteiger partial charge in [-0.2, -0.15) is 0 Å². The lowest BCUT2D eigenvalue weighted by molar-refractivity contribution is -0.134. The molecule has 1 aromatic carbocycles. The highest BCUT2D eigenvalue weighted by Crippen LogP contribution is 2.38. The lowest BCUT2D eigenvalue weighted by atomic mass is 9.92. The Morgan fingerprint density at radius 1 is 1.04 bits per heavy atom. The molecule has 3 N–H and O–H groups in total. The predicted molar refractivity (Wildman–Crippen MR) is 108 cm³/mol. The highest BCUT2D eigenvalue weighted by Gasteiger charge is 2.33. The van der Waals surface area contributed by atoms with Gasteiger partial charge >= 0.3 is 11.9 Å². The van der Waals surface area contributed by atoms with Crippen LogP contribution in [0.2, 0.25) is 0 Å². The van der Waals surface area contributed by atoms with E-state index in [1.54, 1.807) is 0 Å². The molecule has 3 heterocycles. The van der Waals surface area contributed by atoms with Gasteiger partial charge < -0.3 is 20.4 Å². The Hall–Kier alpha value is -2.38. The molecule has 0 bridgehead atoms. The van der Waals surface area contributed by atoms with Gasteiger partial charge in [0.15, 0.2) is 0 Å². The summed E-state index contributed by atoms with van der Waals surface area (Å²) in [5.74, 6) is -0.727. The number of anilines is 1. The van der Waals surface area contributed by atoms with Crippen LogP contribution in [0.15, 0.2) is 41.8 Å². The van der Waals surface area contributed by atoms with Crippen LogP contribution in [0.1, 0.15) is 12.8 Å². The quantitative estimate of drug-likeness (QED) is 0.700. The summed E-state index contributed by atoms with van der Waals surface area (Å²) in [6.45, 7) is 4.92. The molecular formula is C20H24N2O4S. The summed E-state index contributed by atoms with van der Waals surface area (Å²) < 4.78 is 1.47. The van der Waals surface area contributed by atoms with Gasteiger partial charge in [0.2, 0.25) is 0 Å². The van der Waals surface area contributed by atoms with Crippen molar-refractivity contribution in [2.45, 2.75) is 12.8 Å². The van der Waals surface area contributed by atoms with Crippen molar-refractivity contribution in [1.82, 2.24) is 5.32 Å². The van der Waals surface area contributed by atoms with E-state index in [9.17, 15) is 9.59 Å². The van der Waals surface area contributed by atoms with Crippen molar-refractivity contribution in [2.24, 2.45) is 11.8 Å². The summed E-state index contributed by atoms with van der Waals surface area (Å²) in [6, 6.07) is 8.98. The molecule has 2 atom stereocenters. The van der Waals surface area contributed by atoms with Gasteiger partial charge in [0.05, 0.1) is 10.4 Å². The van der Waals surface area contributed by atoms with Crippen LogP contribution in [-0.4, -0.2) is 48.3 Å². The molecule has 2 saturated heterocycles. The summed E-state index contributed by atoms with van der Waals surface area (Å²) in [6.07, 6.45) is 3.81. The van der Waals surface area contributed by atoms with E-state index >= 15 is 0 Å².